The fourth-order valence-electron chi connectivity index (χ4n) is 4.38. The zero-order chi connectivity index (χ0) is 29.9. The highest BCUT2D eigenvalue weighted by molar-refractivity contribution is 7.90. The Morgan fingerprint density at radius 3 is 2.29 bits per heavy atom. The van der Waals surface area contributed by atoms with Crippen molar-refractivity contribution in [1.82, 2.24) is 9.71 Å². The van der Waals surface area contributed by atoms with Crippen molar-refractivity contribution < 1.29 is 27.1 Å². The summed E-state index contributed by atoms with van der Waals surface area (Å²) in [6.07, 6.45) is 0. The normalized spacial score (nSPS) is 11.4. The van der Waals surface area contributed by atoms with E-state index in [9.17, 15) is 17.6 Å². The van der Waals surface area contributed by atoms with Crippen LogP contribution in [0, 0.1) is 39.4 Å². The van der Waals surface area contributed by atoms with Crippen molar-refractivity contribution in [3.8, 4) is 28.4 Å². The Morgan fingerprint density at radius 1 is 0.927 bits per heavy atom. The predicted octanol–water partition coefficient (Wildman–Crippen LogP) is 7.07. The summed E-state index contributed by atoms with van der Waals surface area (Å²) in [5.74, 6) is -0.0988. The summed E-state index contributed by atoms with van der Waals surface area (Å²) in [4.78, 5) is 17.4. The molecule has 0 aliphatic heterocycles. The van der Waals surface area contributed by atoms with E-state index in [0.29, 0.717) is 34.9 Å². The number of carbonyl (C=O) groups is 1. The number of carbonyl (C=O) groups excluding carboxylic acids is 1. The van der Waals surface area contributed by atoms with Crippen LogP contribution >= 0.6 is 0 Å². The van der Waals surface area contributed by atoms with Crippen LogP contribution in [0.15, 0.2) is 71.8 Å². The van der Waals surface area contributed by atoms with Gasteiger partial charge in [-0.05, 0) is 92.3 Å². The zero-order valence-corrected chi connectivity index (χ0v) is 24.7. The molecule has 1 amide bonds. The van der Waals surface area contributed by atoms with Crippen molar-refractivity contribution in [3.05, 3.63) is 100 Å². The molecular weight excluding hydrogens is 543 g/mol. The minimum Gasteiger partial charge on any atom is -0.493 e. The molecule has 1 aromatic heterocycles. The molecule has 0 unspecified atom stereocenters. The zero-order valence-electron chi connectivity index (χ0n) is 23.9. The molecule has 7 nitrogen and oxygen atoms in total. The van der Waals surface area contributed by atoms with E-state index >= 15 is 0 Å². The van der Waals surface area contributed by atoms with Gasteiger partial charge in [-0.2, -0.15) is 8.42 Å². The number of hydrogen-bond donors (Lipinski definition) is 1. The van der Waals surface area contributed by atoms with E-state index in [2.05, 4.69) is 9.71 Å². The summed E-state index contributed by atoms with van der Waals surface area (Å²) in [5.41, 5.74) is 4.26. The number of nitrogens with zero attached hydrogens (tertiary/aromatic N) is 1. The number of nitrogens with one attached hydrogen (secondary N) is 1. The van der Waals surface area contributed by atoms with Crippen molar-refractivity contribution in [1.29, 1.82) is 0 Å². The van der Waals surface area contributed by atoms with Crippen LogP contribution in [-0.2, 0) is 10.0 Å². The van der Waals surface area contributed by atoms with E-state index in [1.165, 1.54) is 24.3 Å². The van der Waals surface area contributed by atoms with Gasteiger partial charge in [-0.1, -0.05) is 43.7 Å². The number of aromatic nitrogens is 1. The molecule has 0 saturated heterocycles. The lowest BCUT2D eigenvalue weighted by Gasteiger charge is -2.17. The summed E-state index contributed by atoms with van der Waals surface area (Å²) in [6, 6.07) is 17.4. The van der Waals surface area contributed by atoms with E-state index in [4.69, 9.17) is 9.47 Å². The van der Waals surface area contributed by atoms with Gasteiger partial charge in [-0.15, -0.1) is 0 Å². The molecule has 4 aromatic rings. The molecule has 41 heavy (non-hydrogen) atoms. The molecule has 0 spiro atoms. The average molecular weight is 577 g/mol. The van der Waals surface area contributed by atoms with Crippen LogP contribution < -0.4 is 14.2 Å². The maximum absolute atomic E-state index is 14.6. The molecule has 0 atom stereocenters. The minimum atomic E-state index is -4.26. The first-order valence-electron chi connectivity index (χ1n) is 13.2. The lowest BCUT2D eigenvalue weighted by Crippen LogP contribution is -2.31. The number of rotatable bonds is 9. The molecule has 1 N–H and O–H groups in total. The second-order valence-corrected chi connectivity index (χ2v) is 12.1. The van der Waals surface area contributed by atoms with Gasteiger partial charge >= 0.3 is 0 Å². The fourth-order valence-corrected chi connectivity index (χ4v) is 5.36. The second-order valence-electron chi connectivity index (χ2n) is 10.5. The minimum absolute atomic E-state index is 0.0166. The Morgan fingerprint density at radius 2 is 1.63 bits per heavy atom. The van der Waals surface area contributed by atoms with Crippen molar-refractivity contribution in [2.24, 2.45) is 5.92 Å². The van der Waals surface area contributed by atoms with Crippen LogP contribution in [-0.4, -0.2) is 25.9 Å². The van der Waals surface area contributed by atoms with Gasteiger partial charge in [0, 0.05) is 11.8 Å². The van der Waals surface area contributed by atoms with Crippen molar-refractivity contribution in [2.75, 3.05) is 6.61 Å². The molecule has 0 bridgehead atoms. The third-order valence-corrected chi connectivity index (χ3v) is 7.43. The first-order valence-corrected chi connectivity index (χ1v) is 14.6. The van der Waals surface area contributed by atoms with E-state index < -0.39 is 21.7 Å². The monoisotopic (exact) mass is 576 g/mol. The lowest BCUT2D eigenvalue weighted by molar-refractivity contribution is 0.0979. The van der Waals surface area contributed by atoms with Crippen LogP contribution in [0.4, 0.5) is 4.39 Å². The van der Waals surface area contributed by atoms with Gasteiger partial charge in [-0.3, -0.25) is 4.79 Å². The number of benzene rings is 3. The average Bonchev–Trinajstić information content (AvgIpc) is 2.89. The highest BCUT2D eigenvalue weighted by Crippen LogP contribution is 2.36. The third kappa shape index (κ3) is 7.29. The Balaban J connectivity index is 1.78. The van der Waals surface area contributed by atoms with Gasteiger partial charge < -0.3 is 9.47 Å². The largest absolute Gasteiger partial charge is 0.493 e. The number of amides is 1. The lowest BCUT2D eigenvalue weighted by atomic mass is 10.0. The number of hydrogen-bond acceptors (Lipinski definition) is 6. The molecule has 0 saturated carbocycles. The van der Waals surface area contributed by atoms with Crippen LogP contribution in [0.5, 0.6) is 17.2 Å². The van der Waals surface area contributed by atoms with Crippen LogP contribution in [0.1, 0.15) is 46.6 Å². The topological polar surface area (TPSA) is 94.6 Å². The Kier molecular flexibility index (Phi) is 8.77. The SMILES string of the molecule is Cc1cc(C)c(Oc2cc(-c3cc(F)cc(OCC(C)C)c3)ccc2C(=O)NS(=O)(=O)c2cccc(C)n2)c(C)c1. The number of aryl methyl sites for hydroxylation is 4. The number of pyridine rings is 1. The molecule has 0 aliphatic rings. The van der Waals surface area contributed by atoms with Crippen molar-refractivity contribution in [3.63, 3.8) is 0 Å². The summed E-state index contributed by atoms with van der Waals surface area (Å²) in [5, 5.41) is -0.274. The smallest absolute Gasteiger partial charge is 0.281 e. The van der Waals surface area contributed by atoms with Crippen molar-refractivity contribution >= 4 is 15.9 Å². The van der Waals surface area contributed by atoms with E-state index in [1.54, 1.807) is 37.3 Å². The molecular formula is C32H33FN2O5S. The first kappa shape index (κ1) is 29.7. The van der Waals surface area contributed by atoms with Crippen LogP contribution in [0.3, 0.4) is 0 Å². The predicted molar refractivity (Wildman–Crippen MR) is 157 cm³/mol. The second kappa shape index (κ2) is 12.1. The maximum Gasteiger partial charge on any atom is 0.281 e. The molecule has 3 aromatic carbocycles. The molecule has 4 rings (SSSR count). The van der Waals surface area contributed by atoms with E-state index in [1.807, 2.05) is 46.8 Å². The van der Waals surface area contributed by atoms with Gasteiger partial charge in [0.1, 0.15) is 23.1 Å². The first-order chi connectivity index (χ1) is 19.3. The van der Waals surface area contributed by atoms with Gasteiger partial charge in [0.05, 0.1) is 12.2 Å². The van der Waals surface area contributed by atoms with Gasteiger partial charge in [0.25, 0.3) is 15.9 Å². The standard InChI is InChI=1S/C32H33FN2O5S/c1-19(2)18-39-27-15-25(14-26(33)17-27)24-10-11-28(29(16-24)40-31-21(4)12-20(3)13-22(31)5)32(36)35-41(37,38)30-9-7-8-23(6)34-30/h7-17,19H,18H2,1-6H3,(H,35,36). The summed E-state index contributed by atoms with van der Waals surface area (Å²) < 4.78 is 54.6. The molecule has 9 heteroatoms. The van der Waals surface area contributed by atoms with Gasteiger partial charge in [0.15, 0.2) is 5.03 Å². The summed E-state index contributed by atoms with van der Waals surface area (Å²) in [6.45, 7) is 11.8. The van der Waals surface area contributed by atoms with Gasteiger partial charge in [0.2, 0.25) is 0 Å². The third-order valence-electron chi connectivity index (χ3n) is 6.20. The van der Waals surface area contributed by atoms with Crippen molar-refractivity contribution in [2.45, 2.75) is 46.6 Å². The molecule has 1 heterocycles. The highest BCUT2D eigenvalue weighted by atomic mass is 32.2. The maximum atomic E-state index is 14.6. The van der Waals surface area contributed by atoms with Crippen LogP contribution in [0.25, 0.3) is 11.1 Å². The highest BCUT2D eigenvalue weighted by Gasteiger charge is 2.24. The molecule has 0 fully saturated rings. The van der Waals surface area contributed by atoms with E-state index in [-0.39, 0.29) is 22.3 Å². The Bertz CT molecular complexity index is 1690. The number of sulfonamides is 1. The summed E-state index contributed by atoms with van der Waals surface area (Å²) >= 11 is 0. The Hall–Kier alpha value is -4.24. The number of ether oxygens (including phenoxy) is 2. The summed E-state index contributed by atoms with van der Waals surface area (Å²) in [7, 11) is -4.26. The Labute approximate surface area is 240 Å². The molecule has 0 aliphatic carbocycles. The van der Waals surface area contributed by atoms with Gasteiger partial charge in [-0.25, -0.2) is 14.1 Å². The fraction of sp³-hybridized carbons (Fsp3) is 0.250. The quantitative estimate of drug-likeness (QED) is 0.229. The van der Waals surface area contributed by atoms with Crippen LogP contribution in [0.2, 0.25) is 0 Å². The molecule has 0 radical (unpaired) electrons. The number of halogens is 1. The molecule has 214 valence electrons. The van der Waals surface area contributed by atoms with E-state index in [0.717, 1.165) is 16.7 Å².